The molecule has 0 unspecified atom stereocenters. The topological polar surface area (TPSA) is 30.7 Å². The Morgan fingerprint density at radius 2 is 2.00 bits per heavy atom. The molecule has 3 heteroatoms. The molecule has 2 rings (SSSR count). The van der Waals surface area contributed by atoms with E-state index in [1.807, 2.05) is 43.5 Å². The standard InChI is InChI=1S/C16H21NO2/c1-6-11-9-13-12(15(18)16(2,3)4)7-8-14(19-5)17(13)10-11/h7-10H,6H2,1-5H3. The molecule has 0 aliphatic heterocycles. The molecule has 3 nitrogen and oxygen atoms in total. The van der Waals surface area contributed by atoms with E-state index in [9.17, 15) is 4.79 Å². The van der Waals surface area contributed by atoms with Crippen LogP contribution in [0.4, 0.5) is 0 Å². The van der Waals surface area contributed by atoms with Gasteiger partial charge in [0.25, 0.3) is 0 Å². The van der Waals surface area contributed by atoms with Gasteiger partial charge >= 0.3 is 0 Å². The van der Waals surface area contributed by atoms with Crippen LogP contribution in [-0.2, 0) is 6.42 Å². The van der Waals surface area contributed by atoms with Gasteiger partial charge in [0, 0.05) is 17.2 Å². The fourth-order valence-electron chi connectivity index (χ4n) is 2.18. The maximum absolute atomic E-state index is 12.5. The molecule has 2 aromatic rings. The number of nitrogens with zero attached hydrogens (tertiary/aromatic N) is 1. The predicted molar refractivity (Wildman–Crippen MR) is 77.1 cm³/mol. The van der Waals surface area contributed by atoms with Gasteiger partial charge in [0.2, 0.25) is 0 Å². The van der Waals surface area contributed by atoms with Gasteiger partial charge in [0.05, 0.1) is 12.6 Å². The second-order valence-electron chi connectivity index (χ2n) is 5.83. The van der Waals surface area contributed by atoms with Crippen LogP contribution >= 0.6 is 0 Å². The van der Waals surface area contributed by atoms with Gasteiger partial charge < -0.3 is 4.74 Å². The van der Waals surface area contributed by atoms with E-state index < -0.39 is 0 Å². The zero-order valence-corrected chi connectivity index (χ0v) is 12.3. The Morgan fingerprint density at radius 3 is 2.53 bits per heavy atom. The lowest BCUT2D eigenvalue weighted by molar-refractivity contribution is 0.0859. The first-order valence-corrected chi connectivity index (χ1v) is 6.61. The van der Waals surface area contributed by atoms with Crippen molar-refractivity contribution in [3.8, 4) is 5.88 Å². The number of pyridine rings is 1. The van der Waals surface area contributed by atoms with Crippen LogP contribution in [0.5, 0.6) is 5.88 Å². The Balaban J connectivity index is 2.70. The molecule has 0 bridgehead atoms. The lowest BCUT2D eigenvalue weighted by Crippen LogP contribution is -2.20. The molecule has 19 heavy (non-hydrogen) atoms. The van der Waals surface area contributed by atoms with Crippen molar-refractivity contribution in [3.63, 3.8) is 0 Å². The number of carbonyl (C=O) groups excluding carboxylic acids is 1. The molecule has 0 aromatic carbocycles. The summed E-state index contributed by atoms with van der Waals surface area (Å²) in [6, 6.07) is 5.79. The van der Waals surface area contributed by atoms with Crippen molar-refractivity contribution in [1.82, 2.24) is 4.40 Å². The monoisotopic (exact) mass is 259 g/mol. The number of rotatable bonds is 3. The van der Waals surface area contributed by atoms with Gasteiger partial charge in [-0.15, -0.1) is 0 Å². The SMILES string of the molecule is CCc1cc2c(C(=O)C(C)(C)C)ccc(OC)n2c1. The van der Waals surface area contributed by atoms with E-state index in [0.29, 0.717) is 0 Å². The number of hydrogen-bond acceptors (Lipinski definition) is 2. The van der Waals surface area contributed by atoms with Crippen molar-refractivity contribution in [1.29, 1.82) is 0 Å². The summed E-state index contributed by atoms with van der Waals surface area (Å²) in [4.78, 5) is 12.5. The average molecular weight is 259 g/mol. The molecule has 2 heterocycles. The molecule has 0 saturated heterocycles. The molecule has 102 valence electrons. The third-order valence-corrected chi connectivity index (χ3v) is 3.33. The highest BCUT2D eigenvalue weighted by molar-refractivity contribution is 6.05. The van der Waals surface area contributed by atoms with Crippen LogP contribution in [0.3, 0.4) is 0 Å². The Hall–Kier alpha value is -1.77. The fourth-order valence-corrected chi connectivity index (χ4v) is 2.18. The normalized spacial score (nSPS) is 11.8. The van der Waals surface area contributed by atoms with E-state index in [-0.39, 0.29) is 11.2 Å². The number of aromatic nitrogens is 1. The maximum Gasteiger partial charge on any atom is 0.197 e. The molecule has 0 spiro atoms. The minimum atomic E-state index is -0.383. The number of hydrogen-bond donors (Lipinski definition) is 0. The number of fused-ring (bicyclic) bond motifs is 1. The van der Waals surface area contributed by atoms with Gasteiger partial charge in [-0.05, 0) is 30.2 Å². The van der Waals surface area contributed by atoms with E-state index in [4.69, 9.17) is 4.74 Å². The number of Topliss-reactive ketones (excluding diaryl/α,β-unsaturated/α-hetero) is 1. The van der Waals surface area contributed by atoms with Crippen LogP contribution in [0.1, 0.15) is 43.6 Å². The Bertz CT molecular complexity index is 617. The van der Waals surface area contributed by atoms with Gasteiger partial charge in [0.1, 0.15) is 0 Å². The molecule has 0 aliphatic carbocycles. The third-order valence-electron chi connectivity index (χ3n) is 3.33. The first-order chi connectivity index (χ1) is 8.88. The van der Waals surface area contributed by atoms with Crippen LogP contribution in [0.15, 0.2) is 24.4 Å². The summed E-state index contributed by atoms with van der Waals surface area (Å²) in [6.07, 6.45) is 2.97. The minimum absolute atomic E-state index is 0.154. The third kappa shape index (κ3) is 2.37. The molecule has 0 fully saturated rings. The molecule has 0 aliphatic rings. The average Bonchev–Trinajstić information content (AvgIpc) is 2.79. The highest BCUT2D eigenvalue weighted by Gasteiger charge is 2.25. The first kappa shape index (κ1) is 13.7. The quantitative estimate of drug-likeness (QED) is 0.786. The fraction of sp³-hybridized carbons (Fsp3) is 0.438. The summed E-state index contributed by atoms with van der Waals surface area (Å²) in [7, 11) is 1.64. The van der Waals surface area contributed by atoms with Gasteiger partial charge in [0.15, 0.2) is 11.7 Å². The van der Waals surface area contributed by atoms with E-state index in [2.05, 4.69) is 13.0 Å². The van der Waals surface area contributed by atoms with Crippen molar-refractivity contribution in [2.45, 2.75) is 34.1 Å². The number of carbonyl (C=O) groups is 1. The van der Waals surface area contributed by atoms with Crippen LogP contribution in [-0.4, -0.2) is 17.3 Å². The lowest BCUT2D eigenvalue weighted by Gasteiger charge is -2.18. The Morgan fingerprint density at radius 1 is 1.32 bits per heavy atom. The van der Waals surface area contributed by atoms with Crippen LogP contribution in [0.2, 0.25) is 0 Å². The largest absolute Gasteiger partial charge is 0.482 e. The summed E-state index contributed by atoms with van der Waals surface area (Å²) in [5.41, 5.74) is 2.50. The summed E-state index contributed by atoms with van der Waals surface area (Å²) < 4.78 is 7.31. The predicted octanol–water partition coefficient (Wildman–Crippen LogP) is 3.74. The molecule has 0 radical (unpaired) electrons. The molecule has 0 saturated carbocycles. The summed E-state index contributed by atoms with van der Waals surface area (Å²) in [5, 5.41) is 0. The van der Waals surface area contributed by atoms with Crippen molar-refractivity contribution >= 4 is 11.3 Å². The second kappa shape index (κ2) is 4.72. The van der Waals surface area contributed by atoms with E-state index in [1.54, 1.807) is 7.11 Å². The Labute approximate surface area is 114 Å². The molecular formula is C16H21NO2. The smallest absolute Gasteiger partial charge is 0.197 e. The molecular weight excluding hydrogens is 238 g/mol. The maximum atomic E-state index is 12.5. The van der Waals surface area contributed by atoms with Gasteiger partial charge in [-0.2, -0.15) is 0 Å². The van der Waals surface area contributed by atoms with Gasteiger partial charge in [-0.25, -0.2) is 0 Å². The van der Waals surface area contributed by atoms with Crippen molar-refractivity contribution in [2.24, 2.45) is 5.41 Å². The summed E-state index contributed by atoms with van der Waals surface area (Å²) in [6.45, 7) is 7.94. The van der Waals surface area contributed by atoms with Gasteiger partial charge in [-0.3, -0.25) is 9.20 Å². The van der Waals surface area contributed by atoms with E-state index in [0.717, 1.165) is 23.4 Å². The zero-order chi connectivity index (χ0) is 14.2. The van der Waals surface area contributed by atoms with E-state index >= 15 is 0 Å². The second-order valence-corrected chi connectivity index (χ2v) is 5.83. The van der Waals surface area contributed by atoms with Crippen molar-refractivity contribution in [2.75, 3.05) is 7.11 Å². The molecule has 2 aromatic heterocycles. The minimum Gasteiger partial charge on any atom is -0.482 e. The zero-order valence-electron chi connectivity index (χ0n) is 12.3. The molecule has 0 atom stereocenters. The van der Waals surface area contributed by atoms with Crippen LogP contribution in [0.25, 0.3) is 5.52 Å². The number of ether oxygens (including phenoxy) is 1. The number of ketones is 1. The first-order valence-electron chi connectivity index (χ1n) is 6.61. The van der Waals surface area contributed by atoms with Crippen molar-refractivity contribution < 1.29 is 9.53 Å². The number of aryl methyl sites for hydroxylation is 1. The highest BCUT2D eigenvalue weighted by Crippen LogP contribution is 2.28. The Kier molecular flexibility index (Phi) is 3.40. The molecule has 0 N–H and O–H groups in total. The summed E-state index contributed by atoms with van der Waals surface area (Å²) in [5.74, 6) is 0.904. The summed E-state index contributed by atoms with van der Waals surface area (Å²) >= 11 is 0. The van der Waals surface area contributed by atoms with Crippen LogP contribution in [0, 0.1) is 5.41 Å². The van der Waals surface area contributed by atoms with E-state index in [1.165, 1.54) is 5.56 Å². The number of methoxy groups -OCH3 is 1. The van der Waals surface area contributed by atoms with Crippen LogP contribution < -0.4 is 4.74 Å². The van der Waals surface area contributed by atoms with Crippen molar-refractivity contribution in [3.05, 3.63) is 35.5 Å². The lowest BCUT2D eigenvalue weighted by atomic mass is 9.86. The highest BCUT2D eigenvalue weighted by atomic mass is 16.5. The molecule has 0 amide bonds. The van der Waals surface area contributed by atoms with Gasteiger partial charge in [-0.1, -0.05) is 27.7 Å².